The van der Waals surface area contributed by atoms with E-state index in [1.807, 2.05) is 6.92 Å². The molecule has 1 aromatic carbocycles. The second-order valence-electron chi connectivity index (χ2n) is 4.74. The average molecular weight is 265 g/mol. The molecule has 19 heavy (non-hydrogen) atoms. The standard InChI is InChI=1S/C15H23NO3/c1-5-11(3)10-16(6-2)15(18)13-8-7-12(19-4)9-14(13)17/h7-9,11,17H,5-6,10H2,1-4H3. The van der Waals surface area contributed by atoms with E-state index < -0.39 is 0 Å². The first-order valence-corrected chi connectivity index (χ1v) is 6.69. The molecule has 0 bridgehead atoms. The van der Waals surface area contributed by atoms with Crippen LogP contribution < -0.4 is 4.74 Å². The minimum atomic E-state index is -0.136. The van der Waals surface area contributed by atoms with Crippen molar-refractivity contribution >= 4 is 5.91 Å². The van der Waals surface area contributed by atoms with Crippen LogP contribution in [0.4, 0.5) is 0 Å². The summed E-state index contributed by atoms with van der Waals surface area (Å²) in [5, 5.41) is 9.90. The van der Waals surface area contributed by atoms with Crippen molar-refractivity contribution in [2.45, 2.75) is 27.2 Å². The van der Waals surface area contributed by atoms with Crippen LogP contribution in [-0.2, 0) is 0 Å². The molecular formula is C15H23NO3. The van der Waals surface area contributed by atoms with Crippen molar-refractivity contribution in [3.63, 3.8) is 0 Å². The summed E-state index contributed by atoms with van der Waals surface area (Å²) in [6, 6.07) is 4.75. The number of hydrogen-bond acceptors (Lipinski definition) is 3. The van der Waals surface area contributed by atoms with Crippen molar-refractivity contribution in [1.29, 1.82) is 0 Å². The Morgan fingerprint density at radius 3 is 2.58 bits per heavy atom. The fraction of sp³-hybridized carbons (Fsp3) is 0.533. The summed E-state index contributed by atoms with van der Waals surface area (Å²) in [5.74, 6) is 0.818. The molecule has 1 aromatic rings. The Morgan fingerprint density at radius 1 is 1.42 bits per heavy atom. The average Bonchev–Trinajstić information content (AvgIpc) is 2.43. The summed E-state index contributed by atoms with van der Waals surface area (Å²) in [4.78, 5) is 14.1. The number of ether oxygens (including phenoxy) is 1. The lowest BCUT2D eigenvalue weighted by atomic mass is 10.1. The van der Waals surface area contributed by atoms with E-state index in [9.17, 15) is 9.90 Å². The number of phenols is 1. The molecule has 0 aliphatic rings. The third-order valence-corrected chi connectivity index (χ3v) is 3.33. The van der Waals surface area contributed by atoms with Gasteiger partial charge < -0.3 is 14.7 Å². The molecule has 1 atom stereocenters. The van der Waals surface area contributed by atoms with Crippen LogP contribution in [0.3, 0.4) is 0 Å². The molecule has 0 radical (unpaired) electrons. The Hall–Kier alpha value is -1.71. The Bertz CT molecular complexity index is 431. The first-order chi connectivity index (χ1) is 9.03. The quantitative estimate of drug-likeness (QED) is 0.860. The van der Waals surface area contributed by atoms with Gasteiger partial charge in [0.05, 0.1) is 12.7 Å². The van der Waals surface area contributed by atoms with Crippen molar-refractivity contribution in [2.75, 3.05) is 20.2 Å². The minimum Gasteiger partial charge on any atom is -0.507 e. The van der Waals surface area contributed by atoms with Crippen molar-refractivity contribution in [1.82, 2.24) is 4.90 Å². The summed E-state index contributed by atoms with van der Waals surface area (Å²) in [7, 11) is 1.53. The summed E-state index contributed by atoms with van der Waals surface area (Å²) in [6.45, 7) is 7.50. The zero-order chi connectivity index (χ0) is 14.4. The van der Waals surface area contributed by atoms with Crippen LogP contribution >= 0.6 is 0 Å². The molecule has 0 saturated carbocycles. The van der Waals surface area contributed by atoms with Gasteiger partial charge in [-0.25, -0.2) is 0 Å². The topological polar surface area (TPSA) is 49.8 Å². The molecule has 0 aromatic heterocycles. The Morgan fingerprint density at radius 2 is 2.11 bits per heavy atom. The van der Waals surface area contributed by atoms with E-state index >= 15 is 0 Å². The lowest BCUT2D eigenvalue weighted by Gasteiger charge is -2.24. The SMILES string of the molecule is CCC(C)CN(CC)C(=O)c1ccc(OC)cc1O. The molecule has 1 unspecified atom stereocenters. The lowest BCUT2D eigenvalue weighted by Crippen LogP contribution is -2.34. The van der Waals surface area contributed by atoms with Gasteiger partial charge in [-0.2, -0.15) is 0 Å². The summed E-state index contributed by atoms with van der Waals surface area (Å²) < 4.78 is 5.01. The van der Waals surface area contributed by atoms with Gasteiger partial charge in [-0.15, -0.1) is 0 Å². The molecule has 0 aliphatic carbocycles. The van der Waals surface area contributed by atoms with E-state index in [-0.39, 0.29) is 11.7 Å². The van der Waals surface area contributed by atoms with Gasteiger partial charge in [0.1, 0.15) is 11.5 Å². The van der Waals surface area contributed by atoms with Crippen LogP contribution in [0.15, 0.2) is 18.2 Å². The largest absolute Gasteiger partial charge is 0.507 e. The van der Waals surface area contributed by atoms with Gasteiger partial charge in [-0.3, -0.25) is 4.79 Å². The van der Waals surface area contributed by atoms with Gasteiger partial charge >= 0.3 is 0 Å². The van der Waals surface area contributed by atoms with Gasteiger partial charge in [0.25, 0.3) is 5.91 Å². The van der Waals surface area contributed by atoms with Crippen molar-refractivity contribution in [3.05, 3.63) is 23.8 Å². The maximum atomic E-state index is 12.4. The minimum absolute atomic E-state index is 0.0352. The van der Waals surface area contributed by atoms with Crippen molar-refractivity contribution < 1.29 is 14.6 Å². The molecule has 0 spiro atoms. The zero-order valence-corrected chi connectivity index (χ0v) is 12.1. The highest BCUT2D eigenvalue weighted by molar-refractivity contribution is 5.97. The molecular weight excluding hydrogens is 242 g/mol. The number of rotatable bonds is 6. The Labute approximate surface area is 115 Å². The van der Waals surface area contributed by atoms with E-state index in [1.165, 1.54) is 13.2 Å². The normalized spacial score (nSPS) is 12.0. The number of benzene rings is 1. The van der Waals surface area contributed by atoms with Crippen LogP contribution in [0.5, 0.6) is 11.5 Å². The van der Waals surface area contributed by atoms with E-state index in [0.29, 0.717) is 30.3 Å². The third-order valence-electron chi connectivity index (χ3n) is 3.33. The molecule has 1 amide bonds. The maximum absolute atomic E-state index is 12.4. The van der Waals surface area contributed by atoms with Gasteiger partial charge in [-0.1, -0.05) is 20.3 Å². The molecule has 0 fully saturated rings. The fourth-order valence-corrected chi connectivity index (χ4v) is 1.85. The number of carbonyl (C=O) groups excluding carboxylic acids is 1. The predicted molar refractivity (Wildman–Crippen MR) is 75.7 cm³/mol. The number of amides is 1. The smallest absolute Gasteiger partial charge is 0.257 e. The van der Waals surface area contributed by atoms with Gasteiger partial charge in [0.15, 0.2) is 0 Å². The summed E-state index contributed by atoms with van der Waals surface area (Å²) in [6.07, 6.45) is 1.03. The highest BCUT2D eigenvalue weighted by Gasteiger charge is 2.19. The molecule has 1 N–H and O–H groups in total. The second-order valence-corrected chi connectivity index (χ2v) is 4.74. The number of carbonyl (C=O) groups is 1. The number of nitrogens with zero attached hydrogens (tertiary/aromatic N) is 1. The zero-order valence-electron chi connectivity index (χ0n) is 12.1. The molecule has 4 nitrogen and oxygen atoms in total. The highest BCUT2D eigenvalue weighted by Crippen LogP contribution is 2.25. The molecule has 4 heteroatoms. The van der Waals surface area contributed by atoms with Gasteiger partial charge in [0, 0.05) is 19.2 Å². The Balaban J connectivity index is 2.91. The number of methoxy groups -OCH3 is 1. The summed E-state index contributed by atoms with van der Waals surface area (Å²) in [5.41, 5.74) is 0.325. The molecule has 0 heterocycles. The highest BCUT2D eigenvalue weighted by atomic mass is 16.5. The van der Waals surface area contributed by atoms with Crippen LogP contribution in [-0.4, -0.2) is 36.1 Å². The van der Waals surface area contributed by atoms with Crippen LogP contribution in [0.1, 0.15) is 37.6 Å². The van der Waals surface area contributed by atoms with Crippen LogP contribution in [0.2, 0.25) is 0 Å². The number of hydrogen-bond donors (Lipinski definition) is 1. The third kappa shape index (κ3) is 3.88. The Kier molecular flexibility index (Phi) is 5.67. The first kappa shape index (κ1) is 15.3. The monoisotopic (exact) mass is 265 g/mol. The molecule has 106 valence electrons. The van der Waals surface area contributed by atoms with E-state index in [1.54, 1.807) is 17.0 Å². The lowest BCUT2D eigenvalue weighted by molar-refractivity contribution is 0.0738. The van der Waals surface area contributed by atoms with Crippen LogP contribution in [0, 0.1) is 5.92 Å². The number of aromatic hydroxyl groups is 1. The molecule has 0 aliphatic heterocycles. The molecule has 1 rings (SSSR count). The molecule has 0 saturated heterocycles. The van der Waals surface area contributed by atoms with Crippen molar-refractivity contribution in [2.24, 2.45) is 5.92 Å². The second kappa shape index (κ2) is 7.02. The van der Waals surface area contributed by atoms with E-state index in [2.05, 4.69) is 13.8 Å². The maximum Gasteiger partial charge on any atom is 0.257 e. The van der Waals surface area contributed by atoms with Gasteiger partial charge in [0.2, 0.25) is 0 Å². The van der Waals surface area contributed by atoms with Crippen LogP contribution in [0.25, 0.3) is 0 Å². The fourth-order valence-electron chi connectivity index (χ4n) is 1.85. The van der Waals surface area contributed by atoms with Crippen molar-refractivity contribution in [3.8, 4) is 11.5 Å². The van der Waals surface area contributed by atoms with E-state index in [4.69, 9.17) is 4.74 Å². The van der Waals surface area contributed by atoms with Gasteiger partial charge in [-0.05, 0) is 25.0 Å². The predicted octanol–water partition coefficient (Wildman–Crippen LogP) is 2.91. The number of phenolic OH excluding ortho intramolecular Hbond substituents is 1. The summed E-state index contributed by atoms with van der Waals surface area (Å²) >= 11 is 0. The first-order valence-electron chi connectivity index (χ1n) is 6.69. The van der Waals surface area contributed by atoms with E-state index in [0.717, 1.165) is 6.42 Å².